The molecule has 98 valence electrons. The lowest BCUT2D eigenvalue weighted by Gasteiger charge is -2.20. The summed E-state index contributed by atoms with van der Waals surface area (Å²) in [4.78, 5) is 14.7. The Morgan fingerprint density at radius 1 is 1.50 bits per heavy atom. The Labute approximate surface area is 113 Å². The monoisotopic (exact) mass is 265 g/mol. The third-order valence-electron chi connectivity index (χ3n) is 3.26. The fourth-order valence-electron chi connectivity index (χ4n) is 2.23. The predicted molar refractivity (Wildman–Crippen MR) is 74.0 cm³/mol. The van der Waals surface area contributed by atoms with Crippen LogP contribution in [0.15, 0.2) is 29.2 Å². The van der Waals surface area contributed by atoms with Crippen LogP contribution in [-0.2, 0) is 9.53 Å². The molecule has 1 aromatic carbocycles. The van der Waals surface area contributed by atoms with Gasteiger partial charge in [-0.15, -0.1) is 11.8 Å². The van der Waals surface area contributed by atoms with Gasteiger partial charge in [-0.3, -0.25) is 4.79 Å². The molecule has 1 aliphatic rings. The summed E-state index contributed by atoms with van der Waals surface area (Å²) in [6, 6.07) is 8.60. The second-order valence-corrected chi connectivity index (χ2v) is 5.70. The molecule has 3 nitrogen and oxygen atoms in total. The van der Waals surface area contributed by atoms with Crippen molar-refractivity contribution in [3.63, 3.8) is 0 Å². The van der Waals surface area contributed by atoms with E-state index in [1.807, 2.05) is 11.8 Å². The van der Waals surface area contributed by atoms with Gasteiger partial charge in [-0.2, -0.15) is 0 Å². The first kappa shape index (κ1) is 13.4. The minimum atomic E-state index is -0.136. The number of likely N-dealkylation sites (N-methyl/N-ethyl adjacent to an activating group) is 1. The van der Waals surface area contributed by atoms with E-state index in [4.69, 9.17) is 0 Å². The van der Waals surface area contributed by atoms with Crippen molar-refractivity contribution in [1.29, 1.82) is 0 Å². The Bertz CT molecular complexity index is 422. The molecular weight excluding hydrogens is 246 g/mol. The van der Waals surface area contributed by atoms with E-state index < -0.39 is 0 Å². The van der Waals surface area contributed by atoms with Gasteiger partial charge in [-0.05, 0) is 18.7 Å². The molecule has 18 heavy (non-hydrogen) atoms. The van der Waals surface area contributed by atoms with Crippen LogP contribution in [-0.4, -0.2) is 43.9 Å². The highest BCUT2D eigenvalue weighted by atomic mass is 32.2. The van der Waals surface area contributed by atoms with Gasteiger partial charge in [0.1, 0.15) is 0 Å². The number of fused-ring (bicyclic) bond motifs is 1. The van der Waals surface area contributed by atoms with Crippen molar-refractivity contribution in [2.75, 3.05) is 33.0 Å². The Morgan fingerprint density at radius 3 is 3.06 bits per heavy atom. The second kappa shape index (κ2) is 6.25. The van der Waals surface area contributed by atoms with E-state index in [9.17, 15) is 4.79 Å². The fourth-order valence-corrected chi connectivity index (χ4v) is 3.47. The molecule has 1 aromatic rings. The summed E-state index contributed by atoms with van der Waals surface area (Å²) in [6.07, 6.45) is 0.467. The van der Waals surface area contributed by atoms with E-state index in [1.54, 1.807) is 0 Å². The molecule has 0 saturated heterocycles. The van der Waals surface area contributed by atoms with Crippen molar-refractivity contribution in [3.8, 4) is 0 Å². The summed E-state index contributed by atoms with van der Waals surface area (Å²) < 4.78 is 4.66. The number of carbonyl (C=O) groups is 1. The van der Waals surface area contributed by atoms with Crippen molar-refractivity contribution in [2.45, 2.75) is 17.2 Å². The Morgan fingerprint density at radius 2 is 2.28 bits per heavy atom. The summed E-state index contributed by atoms with van der Waals surface area (Å²) >= 11 is 1.93. The molecule has 0 aliphatic carbocycles. The summed E-state index contributed by atoms with van der Waals surface area (Å²) in [5.41, 5.74) is 1.45. The van der Waals surface area contributed by atoms with E-state index in [-0.39, 0.29) is 5.97 Å². The molecule has 0 N–H and O–H groups in total. The fraction of sp³-hybridized carbons (Fsp3) is 0.500. The number of thioether (sulfide) groups is 1. The number of ether oxygens (including phenoxy) is 1. The van der Waals surface area contributed by atoms with Crippen LogP contribution in [0.3, 0.4) is 0 Å². The van der Waals surface area contributed by atoms with Gasteiger partial charge in [-0.25, -0.2) is 0 Å². The highest BCUT2D eigenvalue weighted by Crippen LogP contribution is 2.39. The summed E-state index contributed by atoms with van der Waals surface area (Å²) in [7, 11) is 3.50. The lowest BCUT2D eigenvalue weighted by atomic mass is 10.0. The van der Waals surface area contributed by atoms with Gasteiger partial charge in [0.25, 0.3) is 0 Å². The average molecular weight is 265 g/mol. The van der Waals surface area contributed by atoms with Crippen LogP contribution in [0.5, 0.6) is 0 Å². The van der Waals surface area contributed by atoms with Gasteiger partial charge in [0.05, 0.1) is 13.5 Å². The van der Waals surface area contributed by atoms with E-state index in [0.29, 0.717) is 12.3 Å². The van der Waals surface area contributed by atoms with Crippen LogP contribution < -0.4 is 0 Å². The zero-order valence-electron chi connectivity index (χ0n) is 10.9. The lowest BCUT2D eigenvalue weighted by molar-refractivity contribution is -0.140. The highest BCUT2D eigenvalue weighted by molar-refractivity contribution is 7.99. The third kappa shape index (κ3) is 3.27. The SMILES string of the molecule is COC(=O)CCN(C)CC1CSc2ccccc21. The number of rotatable bonds is 5. The van der Waals surface area contributed by atoms with Crippen molar-refractivity contribution in [2.24, 2.45) is 0 Å². The second-order valence-electron chi connectivity index (χ2n) is 4.63. The van der Waals surface area contributed by atoms with Crippen LogP contribution in [0.25, 0.3) is 0 Å². The van der Waals surface area contributed by atoms with Gasteiger partial charge in [0, 0.05) is 29.7 Å². The molecule has 1 heterocycles. The van der Waals surface area contributed by atoms with Crippen LogP contribution >= 0.6 is 11.8 Å². The molecule has 0 saturated carbocycles. The quantitative estimate of drug-likeness (QED) is 0.765. The van der Waals surface area contributed by atoms with E-state index in [2.05, 4.69) is 40.9 Å². The van der Waals surface area contributed by atoms with E-state index in [0.717, 1.165) is 18.8 Å². The molecule has 1 aliphatic heterocycles. The Kier molecular flexibility index (Phi) is 4.66. The smallest absolute Gasteiger partial charge is 0.306 e. The average Bonchev–Trinajstić information content (AvgIpc) is 2.79. The minimum absolute atomic E-state index is 0.136. The maximum atomic E-state index is 11.1. The standard InChI is InChI=1S/C14H19NO2S/c1-15(8-7-14(16)17-2)9-11-10-18-13-6-4-3-5-12(11)13/h3-6,11H,7-10H2,1-2H3. The molecule has 0 aromatic heterocycles. The van der Waals surface area contributed by atoms with Crippen molar-refractivity contribution >= 4 is 17.7 Å². The third-order valence-corrected chi connectivity index (χ3v) is 4.51. The predicted octanol–water partition coefficient (Wildman–Crippen LogP) is 2.37. The highest BCUT2D eigenvalue weighted by Gasteiger charge is 2.23. The minimum Gasteiger partial charge on any atom is -0.469 e. The first-order valence-corrected chi connectivity index (χ1v) is 7.16. The molecule has 0 fully saturated rings. The normalized spacial score (nSPS) is 17.8. The van der Waals surface area contributed by atoms with Crippen LogP contribution in [0, 0.1) is 0 Å². The molecular formula is C14H19NO2S. The summed E-state index contributed by atoms with van der Waals surface area (Å²) in [5.74, 6) is 1.58. The molecule has 2 rings (SSSR count). The van der Waals surface area contributed by atoms with Crippen molar-refractivity contribution < 1.29 is 9.53 Å². The number of esters is 1. The number of benzene rings is 1. The molecule has 1 atom stereocenters. The molecule has 0 amide bonds. The van der Waals surface area contributed by atoms with Gasteiger partial charge in [0.2, 0.25) is 0 Å². The molecule has 1 unspecified atom stereocenters. The van der Waals surface area contributed by atoms with Crippen molar-refractivity contribution in [3.05, 3.63) is 29.8 Å². The molecule has 0 spiro atoms. The first-order valence-electron chi connectivity index (χ1n) is 6.18. The maximum absolute atomic E-state index is 11.1. The van der Waals surface area contributed by atoms with E-state index in [1.165, 1.54) is 17.6 Å². The van der Waals surface area contributed by atoms with E-state index >= 15 is 0 Å². The number of hydrogen-bond acceptors (Lipinski definition) is 4. The Hall–Kier alpha value is -1.00. The number of methoxy groups -OCH3 is 1. The van der Waals surface area contributed by atoms with Crippen LogP contribution in [0.2, 0.25) is 0 Å². The number of carbonyl (C=O) groups excluding carboxylic acids is 1. The zero-order valence-corrected chi connectivity index (χ0v) is 11.7. The molecule has 4 heteroatoms. The summed E-state index contributed by atoms with van der Waals surface area (Å²) in [6.45, 7) is 1.76. The maximum Gasteiger partial charge on any atom is 0.306 e. The first-order chi connectivity index (χ1) is 8.70. The van der Waals surface area contributed by atoms with Gasteiger partial charge in [-0.1, -0.05) is 18.2 Å². The van der Waals surface area contributed by atoms with Gasteiger partial charge < -0.3 is 9.64 Å². The zero-order chi connectivity index (χ0) is 13.0. The summed E-state index contributed by atoms with van der Waals surface area (Å²) in [5, 5.41) is 0. The molecule has 0 radical (unpaired) electrons. The van der Waals surface area contributed by atoms with Crippen molar-refractivity contribution in [1.82, 2.24) is 4.90 Å². The van der Waals surface area contributed by atoms with Gasteiger partial charge >= 0.3 is 5.97 Å². The number of hydrogen-bond donors (Lipinski definition) is 0. The van der Waals surface area contributed by atoms with Gasteiger partial charge in [0.15, 0.2) is 0 Å². The molecule has 0 bridgehead atoms. The topological polar surface area (TPSA) is 29.5 Å². The lowest BCUT2D eigenvalue weighted by Crippen LogP contribution is -2.27. The van der Waals surface area contributed by atoms with Crippen LogP contribution in [0.1, 0.15) is 17.9 Å². The Balaban J connectivity index is 1.86. The number of nitrogens with zero attached hydrogens (tertiary/aromatic N) is 1. The largest absolute Gasteiger partial charge is 0.469 e. The van der Waals surface area contributed by atoms with Crippen LogP contribution in [0.4, 0.5) is 0 Å².